The molecule has 0 radical (unpaired) electrons. The molecule has 1 fully saturated rings. The van der Waals surface area contributed by atoms with E-state index >= 15 is 0 Å². The summed E-state index contributed by atoms with van der Waals surface area (Å²) in [6.45, 7) is 7.57. The highest BCUT2D eigenvalue weighted by molar-refractivity contribution is 5.89. The molecule has 0 saturated carbocycles. The number of nitrogens with zero attached hydrogens (tertiary/aromatic N) is 3. The number of nitrogen functional groups attached to an aromatic ring is 1. The molecule has 3 rings (SSSR count). The van der Waals surface area contributed by atoms with Crippen LogP contribution in [0.25, 0.3) is 10.9 Å². The molecular weight excluding hydrogens is 238 g/mol. The highest BCUT2D eigenvalue weighted by atomic mass is 15.3. The Bertz CT molecular complexity index is 601. The van der Waals surface area contributed by atoms with Crippen molar-refractivity contribution >= 4 is 22.3 Å². The number of hydrogen-bond donors (Lipinski definition) is 2. The van der Waals surface area contributed by atoms with Gasteiger partial charge in [0.2, 0.25) is 0 Å². The molecule has 19 heavy (non-hydrogen) atoms. The van der Waals surface area contributed by atoms with Gasteiger partial charge in [0.1, 0.15) is 0 Å². The highest BCUT2D eigenvalue weighted by Crippen LogP contribution is 2.31. The zero-order valence-electron chi connectivity index (χ0n) is 11.8. The Morgan fingerprint density at radius 3 is 2.84 bits per heavy atom. The summed E-state index contributed by atoms with van der Waals surface area (Å²) in [6.07, 6.45) is 1.81. The smallest absolute Gasteiger partial charge is 0.0672 e. The van der Waals surface area contributed by atoms with E-state index in [1.807, 2.05) is 12.3 Å². The van der Waals surface area contributed by atoms with Gasteiger partial charge in [-0.05, 0) is 33.0 Å². The fourth-order valence-electron chi connectivity index (χ4n) is 2.72. The second-order valence-corrected chi connectivity index (χ2v) is 6.02. The maximum atomic E-state index is 6.20. The van der Waals surface area contributed by atoms with Crippen LogP contribution in [0, 0.1) is 0 Å². The van der Waals surface area contributed by atoms with E-state index < -0.39 is 0 Å². The largest absolute Gasteiger partial charge is 0.397 e. The van der Waals surface area contributed by atoms with Crippen molar-refractivity contribution < 1.29 is 0 Å². The van der Waals surface area contributed by atoms with Crippen LogP contribution in [0.5, 0.6) is 0 Å². The van der Waals surface area contributed by atoms with Crippen LogP contribution in [-0.2, 0) is 0 Å². The summed E-state index contributed by atoms with van der Waals surface area (Å²) in [6, 6.07) is 4.11. The first kappa shape index (κ1) is 12.3. The average molecular weight is 259 g/mol. The van der Waals surface area contributed by atoms with Crippen LogP contribution in [0.3, 0.4) is 0 Å². The Morgan fingerprint density at radius 2 is 2.11 bits per heavy atom. The molecule has 0 unspecified atom stereocenters. The van der Waals surface area contributed by atoms with Gasteiger partial charge >= 0.3 is 0 Å². The number of nitrogens with two attached hydrogens (primary N) is 1. The maximum Gasteiger partial charge on any atom is 0.0672 e. The molecule has 1 aliphatic rings. The van der Waals surface area contributed by atoms with E-state index in [0.717, 1.165) is 41.9 Å². The quantitative estimate of drug-likeness (QED) is 0.765. The number of nitrogens with one attached hydrogen (secondary N) is 1. The molecule has 2 heterocycles. The van der Waals surface area contributed by atoms with Gasteiger partial charge in [-0.15, -0.1) is 0 Å². The molecule has 5 heteroatoms. The molecule has 0 amide bonds. The van der Waals surface area contributed by atoms with Gasteiger partial charge in [0.25, 0.3) is 0 Å². The van der Waals surface area contributed by atoms with Gasteiger partial charge < -0.3 is 10.6 Å². The molecular formula is C14H21N5. The van der Waals surface area contributed by atoms with Gasteiger partial charge in [-0.25, -0.2) is 0 Å². The van der Waals surface area contributed by atoms with Crippen molar-refractivity contribution in [2.45, 2.75) is 19.4 Å². The van der Waals surface area contributed by atoms with Crippen molar-refractivity contribution in [3.8, 4) is 0 Å². The number of aromatic nitrogens is 2. The fourth-order valence-corrected chi connectivity index (χ4v) is 2.72. The van der Waals surface area contributed by atoms with Crippen molar-refractivity contribution in [3.05, 3.63) is 18.3 Å². The number of anilines is 2. The van der Waals surface area contributed by atoms with Crippen molar-refractivity contribution in [2.24, 2.45) is 0 Å². The van der Waals surface area contributed by atoms with Crippen LogP contribution < -0.4 is 10.6 Å². The normalized spacial score (nSPS) is 20.1. The average Bonchev–Trinajstić information content (AvgIpc) is 2.78. The molecule has 102 valence electrons. The number of H-pyrrole nitrogens is 1. The van der Waals surface area contributed by atoms with Crippen LogP contribution in [0.1, 0.15) is 13.8 Å². The summed E-state index contributed by atoms with van der Waals surface area (Å²) in [5.41, 5.74) is 9.34. The summed E-state index contributed by atoms with van der Waals surface area (Å²) >= 11 is 0. The summed E-state index contributed by atoms with van der Waals surface area (Å²) in [7, 11) is 2.18. The molecule has 2 aromatic rings. The molecule has 1 aromatic carbocycles. The number of fused-ring (bicyclic) bond motifs is 1. The molecule has 1 aliphatic heterocycles. The van der Waals surface area contributed by atoms with Gasteiger partial charge in [0.05, 0.1) is 23.1 Å². The Hall–Kier alpha value is -1.75. The lowest BCUT2D eigenvalue weighted by Crippen LogP contribution is -2.57. The zero-order chi connectivity index (χ0) is 13.6. The third kappa shape index (κ3) is 2.04. The first-order valence-electron chi connectivity index (χ1n) is 6.66. The Balaban J connectivity index is 1.97. The molecule has 1 aromatic heterocycles. The fraction of sp³-hybridized carbons (Fsp3) is 0.500. The lowest BCUT2D eigenvalue weighted by atomic mass is 9.99. The predicted octanol–water partition coefficient (Wildman–Crippen LogP) is 1.68. The minimum atomic E-state index is 0.160. The molecule has 0 atom stereocenters. The van der Waals surface area contributed by atoms with Crippen molar-refractivity contribution in [1.29, 1.82) is 0 Å². The third-order valence-electron chi connectivity index (χ3n) is 4.24. The second-order valence-electron chi connectivity index (χ2n) is 6.02. The molecule has 5 nitrogen and oxygen atoms in total. The first-order chi connectivity index (χ1) is 8.97. The number of likely N-dealkylation sites (N-methyl/N-ethyl adjacent to an activating group) is 1. The standard InChI is InChI=1S/C14H21N5/c1-14(2)9-19(5-4-18(14)3)13-7-12-10(6-11(13)15)8-16-17-12/h6-8H,4-5,9,15H2,1-3H3,(H,16,17). The predicted molar refractivity (Wildman–Crippen MR) is 79.4 cm³/mol. The molecule has 0 aliphatic carbocycles. The van der Waals surface area contributed by atoms with Crippen LogP contribution in [-0.4, -0.2) is 47.3 Å². The van der Waals surface area contributed by atoms with E-state index in [9.17, 15) is 0 Å². The summed E-state index contributed by atoms with van der Waals surface area (Å²) in [5.74, 6) is 0. The van der Waals surface area contributed by atoms with Gasteiger partial charge in [0, 0.05) is 30.6 Å². The number of aromatic amines is 1. The van der Waals surface area contributed by atoms with E-state index in [0.29, 0.717) is 0 Å². The highest BCUT2D eigenvalue weighted by Gasteiger charge is 2.31. The second kappa shape index (κ2) is 4.13. The van der Waals surface area contributed by atoms with E-state index in [2.05, 4.69) is 47.0 Å². The van der Waals surface area contributed by atoms with Crippen LogP contribution in [0.2, 0.25) is 0 Å². The number of benzene rings is 1. The summed E-state index contributed by atoms with van der Waals surface area (Å²) < 4.78 is 0. The van der Waals surface area contributed by atoms with Gasteiger partial charge in [-0.1, -0.05) is 0 Å². The van der Waals surface area contributed by atoms with E-state index in [1.165, 1.54) is 0 Å². The van der Waals surface area contributed by atoms with Crippen LogP contribution >= 0.6 is 0 Å². The maximum absolute atomic E-state index is 6.20. The SMILES string of the molecule is CN1CCN(c2cc3[nH]ncc3cc2N)CC1(C)C. The monoisotopic (exact) mass is 259 g/mol. The van der Waals surface area contributed by atoms with Crippen molar-refractivity contribution in [1.82, 2.24) is 15.1 Å². The van der Waals surface area contributed by atoms with E-state index in [-0.39, 0.29) is 5.54 Å². The Morgan fingerprint density at radius 1 is 1.32 bits per heavy atom. The minimum absolute atomic E-state index is 0.160. The zero-order valence-corrected chi connectivity index (χ0v) is 11.8. The summed E-state index contributed by atoms with van der Waals surface area (Å²) in [5, 5.41) is 8.14. The first-order valence-corrected chi connectivity index (χ1v) is 6.66. The number of piperazine rings is 1. The van der Waals surface area contributed by atoms with Gasteiger partial charge in [0.15, 0.2) is 0 Å². The van der Waals surface area contributed by atoms with E-state index in [1.54, 1.807) is 0 Å². The Labute approximate surface area is 113 Å². The topological polar surface area (TPSA) is 61.2 Å². The summed E-state index contributed by atoms with van der Waals surface area (Å²) in [4.78, 5) is 4.77. The lowest BCUT2D eigenvalue weighted by Gasteiger charge is -2.46. The molecule has 0 bridgehead atoms. The Kier molecular flexibility index (Phi) is 2.67. The van der Waals surface area contributed by atoms with Gasteiger partial charge in [-0.2, -0.15) is 5.10 Å². The molecule has 3 N–H and O–H groups in total. The molecule has 1 saturated heterocycles. The van der Waals surface area contributed by atoms with E-state index in [4.69, 9.17) is 5.73 Å². The minimum Gasteiger partial charge on any atom is -0.397 e. The lowest BCUT2D eigenvalue weighted by molar-refractivity contribution is 0.139. The van der Waals surface area contributed by atoms with Crippen LogP contribution in [0.15, 0.2) is 18.3 Å². The van der Waals surface area contributed by atoms with Gasteiger partial charge in [-0.3, -0.25) is 10.00 Å². The van der Waals surface area contributed by atoms with Crippen molar-refractivity contribution in [2.75, 3.05) is 37.3 Å². The number of rotatable bonds is 1. The van der Waals surface area contributed by atoms with Crippen LogP contribution in [0.4, 0.5) is 11.4 Å². The molecule has 0 spiro atoms. The number of hydrogen-bond acceptors (Lipinski definition) is 4. The third-order valence-corrected chi connectivity index (χ3v) is 4.24. The van der Waals surface area contributed by atoms with Crippen molar-refractivity contribution in [3.63, 3.8) is 0 Å².